The molecule has 1 unspecified atom stereocenters. The van der Waals surface area contributed by atoms with Crippen LogP contribution in [0.3, 0.4) is 0 Å². The van der Waals surface area contributed by atoms with Crippen LogP contribution in [0.4, 0.5) is 5.69 Å². The van der Waals surface area contributed by atoms with Gasteiger partial charge in [0.05, 0.1) is 25.2 Å². The van der Waals surface area contributed by atoms with Gasteiger partial charge in [-0.3, -0.25) is 4.79 Å². The highest BCUT2D eigenvalue weighted by Crippen LogP contribution is 2.18. The molecule has 1 aliphatic rings. The van der Waals surface area contributed by atoms with Crippen LogP contribution in [0.2, 0.25) is 0 Å². The molecule has 1 saturated heterocycles. The number of ether oxygens (including phenoxy) is 2. The Bertz CT molecular complexity index is 439. The van der Waals surface area contributed by atoms with Crippen molar-refractivity contribution < 1.29 is 14.3 Å². The number of hydrogen-bond acceptors (Lipinski definition) is 4. The van der Waals surface area contributed by atoms with E-state index < -0.39 is 0 Å². The molecule has 0 radical (unpaired) electrons. The van der Waals surface area contributed by atoms with E-state index in [1.165, 1.54) is 0 Å². The largest absolute Gasteiger partial charge is 0.493 e. The van der Waals surface area contributed by atoms with Gasteiger partial charge in [-0.1, -0.05) is 0 Å². The third kappa shape index (κ3) is 4.42. The lowest BCUT2D eigenvalue weighted by molar-refractivity contribution is -0.125. The zero-order valence-corrected chi connectivity index (χ0v) is 11.9. The molecule has 20 heavy (non-hydrogen) atoms. The summed E-state index contributed by atoms with van der Waals surface area (Å²) >= 11 is 0. The SMILES string of the molecule is CC1(NC(=O)CCOc2ccc(N)cc2)CCCOC1. The van der Waals surface area contributed by atoms with Crippen LogP contribution in [0.15, 0.2) is 24.3 Å². The van der Waals surface area contributed by atoms with Gasteiger partial charge in [0.25, 0.3) is 0 Å². The maximum atomic E-state index is 11.9. The molecule has 1 atom stereocenters. The number of carbonyl (C=O) groups is 1. The summed E-state index contributed by atoms with van der Waals surface area (Å²) in [7, 11) is 0. The van der Waals surface area contributed by atoms with Gasteiger partial charge in [-0.05, 0) is 44.0 Å². The molecule has 110 valence electrons. The molecule has 0 aromatic heterocycles. The van der Waals surface area contributed by atoms with E-state index in [4.69, 9.17) is 15.2 Å². The second-order valence-corrected chi connectivity index (χ2v) is 5.43. The minimum absolute atomic E-state index is 0.00607. The van der Waals surface area contributed by atoms with Gasteiger partial charge in [-0.15, -0.1) is 0 Å². The monoisotopic (exact) mass is 278 g/mol. The van der Waals surface area contributed by atoms with E-state index in [1.807, 2.05) is 6.92 Å². The lowest BCUT2D eigenvalue weighted by Gasteiger charge is -2.34. The third-order valence-electron chi connectivity index (χ3n) is 3.36. The topological polar surface area (TPSA) is 73.6 Å². The van der Waals surface area contributed by atoms with E-state index in [0.29, 0.717) is 25.3 Å². The number of carbonyl (C=O) groups excluding carboxylic acids is 1. The summed E-state index contributed by atoms with van der Waals surface area (Å²) in [6.45, 7) is 3.74. The van der Waals surface area contributed by atoms with E-state index in [1.54, 1.807) is 24.3 Å². The zero-order chi connectivity index (χ0) is 14.4. The van der Waals surface area contributed by atoms with E-state index in [2.05, 4.69) is 5.32 Å². The summed E-state index contributed by atoms with van der Waals surface area (Å²) < 4.78 is 10.9. The fourth-order valence-corrected chi connectivity index (χ4v) is 2.26. The van der Waals surface area contributed by atoms with Gasteiger partial charge in [0.1, 0.15) is 5.75 Å². The first-order valence-corrected chi connectivity index (χ1v) is 6.94. The molecule has 0 saturated carbocycles. The van der Waals surface area contributed by atoms with Crippen LogP contribution in [0.25, 0.3) is 0 Å². The second-order valence-electron chi connectivity index (χ2n) is 5.43. The fourth-order valence-electron chi connectivity index (χ4n) is 2.26. The highest BCUT2D eigenvalue weighted by molar-refractivity contribution is 5.76. The number of amides is 1. The number of rotatable bonds is 5. The van der Waals surface area contributed by atoms with Crippen molar-refractivity contribution in [2.24, 2.45) is 0 Å². The van der Waals surface area contributed by atoms with Crippen molar-refractivity contribution in [3.8, 4) is 5.75 Å². The van der Waals surface area contributed by atoms with E-state index in [0.717, 1.165) is 25.2 Å². The van der Waals surface area contributed by atoms with Crippen LogP contribution in [-0.2, 0) is 9.53 Å². The van der Waals surface area contributed by atoms with Crippen molar-refractivity contribution in [3.63, 3.8) is 0 Å². The van der Waals surface area contributed by atoms with Gasteiger partial charge in [-0.25, -0.2) is 0 Å². The molecular weight excluding hydrogens is 256 g/mol. The Hall–Kier alpha value is -1.75. The van der Waals surface area contributed by atoms with E-state index in [-0.39, 0.29) is 11.4 Å². The Morgan fingerprint density at radius 1 is 1.45 bits per heavy atom. The van der Waals surface area contributed by atoms with Crippen LogP contribution in [0.5, 0.6) is 5.75 Å². The predicted molar refractivity (Wildman–Crippen MR) is 77.6 cm³/mol. The standard InChI is InChI=1S/C15H22N2O3/c1-15(8-2-9-19-11-15)17-14(18)7-10-20-13-5-3-12(16)4-6-13/h3-6H,2,7-11,16H2,1H3,(H,17,18). The van der Waals surface area contributed by atoms with Crippen molar-refractivity contribution in [2.75, 3.05) is 25.6 Å². The molecule has 2 rings (SSSR count). The third-order valence-corrected chi connectivity index (χ3v) is 3.36. The Labute approximate surface area is 119 Å². The van der Waals surface area contributed by atoms with Crippen LogP contribution < -0.4 is 15.8 Å². The smallest absolute Gasteiger partial charge is 0.223 e. The fraction of sp³-hybridized carbons (Fsp3) is 0.533. The molecule has 1 aromatic rings. The maximum absolute atomic E-state index is 11.9. The zero-order valence-electron chi connectivity index (χ0n) is 11.9. The molecule has 1 amide bonds. The van der Waals surface area contributed by atoms with Crippen LogP contribution in [0, 0.1) is 0 Å². The van der Waals surface area contributed by atoms with Crippen LogP contribution >= 0.6 is 0 Å². The first kappa shape index (κ1) is 14.7. The summed E-state index contributed by atoms with van der Waals surface area (Å²) in [5, 5.41) is 3.03. The minimum Gasteiger partial charge on any atom is -0.493 e. The van der Waals surface area contributed by atoms with Crippen molar-refractivity contribution in [3.05, 3.63) is 24.3 Å². The molecule has 1 heterocycles. The first-order valence-electron chi connectivity index (χ1n) is 6.94. The van der Waals surface area contributed by atoms with Gasteiger partial charge in [-0.2, -0.15) is 0 Å². The normalized spacial score (nSPS) is 22.2. The maximum Gasteiger partial charge on any atom is 0.223 e. The summed E-state index contributed by atoms with van der Waals surface area (Å²) in [5.74, 6) is 0.715. The van der Waals surface area contributed by atoms with Gasteiger partial charge in [0, 0.05) is 12.3 Å². The van der Waals surface area contributed by atoms with Crippen molar-refractivity contribution in [1.82, 2.24) is 5.32 Å². The molecule has 1 aliphatic heterocycles. The number of anilines is 1. The summed E-state index contributed by atoms with van der Waals surface area (Å²) in [6.07, 6.45) is 2.27. The number of benzene rings is 1. The Kier molecular flexibility index (Phi) is 4.84. The highest BCUT2D eigenvalue weighted by Gasteiger charge is 2.28. The molecule has 5 heteroatoms. The quantitative estimate of drug-likeness (QED) is 0.804. The van der Waals surface area contributed by atoms with E-state index >= 15 is 0 Å². The molecule has 0 spiro atoms. The van der Waals surface area contributed by atoms with Crippen molar-refractivity contribution >= 4 is 11.6 Å². The molecule has 0 bridgehead atoms. The Morgan fingerprint density at radius 2 is 2.20 bits per heavy atom. The molecule has 5 nitrogen and oxygen atoms in total. The number of nitrogens with two attached hydrogens (primary N) is 1. The summed E-state index contributed by atoms with van der Waals surface area (Å²) in [5.41, 5.74) is 6.05. The van der Waals surface area contributed by atoms with Gasteiger partial charge >= 0.3 is 0 Å². The Balaban J connectivity index is 1.71. The van der Waals surface area contributed by atoms with Gasteiger partial charge in [0.15, 0.2) is 0 Å². The predicted octanol–water partition coefficient (Wildman–Crippen LogP) is 1.72. The Morgan fingerprint density at radius 3 is 2.85 bits per heavy atom. The van der Waals surface area contributed by atoms with E-state index in [9.17, 15) is 4.79 Å². The van der Waals surface area contributed by atoms with Crippen molar-refractivity contribution in [1.29, 1.82) is 0 Å². The number of hydrogen-bond donors (Lipinski definition) is 2. The molecular formula is C15H22N2O3. The highest BCUT2D eigenvalue weighted by atomic mass is 16.5. The average Bonchev–Trinajstić information content (AvgIpc) is 2.41. The lowest BCUT2D eigenvalue weighted by atomic mass is 9.95. The number of nitrogens with one attached hydrogen (secondary N) is 1. The van der Waals surface area contributed by atoms with Crippen LogP contribution in [0.1, 0.15) is 26.2 Å². The molecule has 1 fully saturated rings. The number of nitrogen functional groups attached to an aromatic ring is 1. The van der Waals surface area contributed by atoms with Crippen molar-refractivity contribution in [2.45, 2.75) is 31.7 Å². The first-order chi connectivity index (χ1) is 9.57. The molecule has 1 aromatic carbocycles. The summed E-state index contributed by atoms with van der Waals surface area (Å²) in [6, 6.07) is 7.14. The average molecular weight is 278 g/mol. The lowest BCUT2D eigenvalue weighted by Crippen LogP contribution is -2.51. The minimum atomic E-state index is -0.240. The second kappa shape index (κ2) is 6.61. The van der Waals surface area contributed by atoms with Crippen LogP contribution in [-0.4, -0.2) is 31.3 Å². The summed E-state index contributed by atoms with van der Waals surface area (Å²) in [4.78, 5) is 11.9. The van der Waals surface area contributed by atoms with Gasteiger partial charge in [0.2, 0.25) is 5.91 Å². The molecule has 0 aliphatic carbocycles. The molecule has 3 N–H and O–H groups in total. The van der Waals surface area contributed by atoms with Gasteiger partial charge < -0.3 is 20.5 Å².